The number of rotatable bonds is 10. The molecule has 0 aliphatic heterocycles. The molecular formula is C22H30N4O3. The van der Waals surface area contributed by atoms with Crippen molar-refractivity contribution in [2.24, 2.45) is 4.99 Å². The van der Waals surface area contributed by atoms with Crippen LogP contribution < -0.4 is 25.4 Å². The molecule has 2 rings (SSSR count). The molecule has 3 N–H and O–H groups in total. The zero-order valence-electron chi connectivity index (χ0n) is 17.3. The highest BCUT2D eigenvalue weighted by atomic mass is 16.5. The third-order valence-electron chi connectivity index (χ3n) is 4.24. The van der Waals surface area contributed by atoms with Crippen LogP contribution in [0.5, 0.6) is 11.5 Å². The fourth-order valence-corrected chi connectivity index (χ4v) is 2.71. The molecule has 7 heteroatoms. The summed E-state index contributed by atoms with van der Waals surface area (Å²) in [5, 5.41) is 9.12. The molecule has 0 saturated carbocycles. The number of nitrogens with one attached hydrogen (secondary N) is 3. The van der Waals surface area contributed by atoms with Crippen molar-refractivity contribution in [1.82, 2.24) is 16.0 Å². The molecule has 0 atom stereocenters. The van der Waals surface area contributed by atoms with Crippen molar-refractivity contribution in [2.45, 2.75) is 19.9 Å². The molecule has 1 amide bonds. The van der Waals surface area contributed by atoms with Gasteiger partial charge in [-0.05, 0) is 31.0 Å². The molecule has 156 valence electrons. The van der Waals surface area contributed by atoms with Crippen LogP contribution in [0, 0.1) is 0 Å². The Hall–Kier alpha value is -3.22. The number of nitrogens with zero attached hydrogens (tertiary/aromatic N) is 1. The number of hydrogen-bond donors (Lipinski definition) is 3. The van der Waals surface area contributed by atoms with E-state index in [0.29, 0.717) is 31.3 Å². The molecule has 0 aliphatic carbocycles. The number of benzene rings is 2. The molecule has 0 heterocycles. The maximum absolute atomic E-state index is 12.1. The second kappa shape index (κ2) is 12.3. The third-order valence-corrected chi connectivity index (χ3v) is 4.24. The second-order valence-electron chi connectivity index (χ2n) is 6.31. The van der Waals surface area contributed by atoms with Crippen molar-refractivity contribution in [1.29, 1.82) is 0 Å². The van der Waals surface area contributed by atoms with Crippen LogP contribution in [0.4, 0.5) is 0 Å². The Morgan fingerprint density at radius 3 is 2.48 bits per heavy atom. The lowest BCUT2D eigenvalue weighted by molar-refractivity contribution is -0.119. The largest absolute Gasteiger partial charge is 0.497 e. The van der Waals surface area contributed by atoms with E-state index < -0.39 is 0 Å². The summed E-state index contributed by atoms with van der Waals surface area (Å²) in [6, 6.07) is 15.7. The average Bonchev–Trinajstić information content (AvgIpc) is 2.76. The first-order chi connectivity index (χ1) is 14.2. The van der Waals surface area contributed by atoms with Gasteiger partial charge in [-0.15, -0.1) is 0 Å². The lowest BCUT2D eigenvalue weighted by atomic mass is 10.1. The zero-order chi connectivity index (χ0) is 20.9. The Labute approximate surface area is 172 Å². The van der Waals surface area contributed by atoms with E-state index in [-0.39, 0.29) is 12.5 Å². The minimum Gasteiger partial charge on any atom is -0.497 e. The van der Waals surface area contributed by atoms with Gasteiger partial charge in [0.15, 0.2) is 5.96 Å². The van der Waals surface area contributed by atoms with E-state index in [0.717, 1.165) is 17.7 Å². The van der Waals surface area contributed by atoms with Crippen LogP contribution in [0.3, 0.4) is 0 Å². The molecule has 2 aromatic rings. The Morgan fingerprint density at radius 2 is 1.79 bits per heavy atom. The zero-order valence-corrected chi connectivity index (χ0v) is 17.3. The van der Waals surface area contributed by atoms with Crippen LogP contribution in [-0.2, 0) is 17.8 Å². The molecule has 0 saturated heterocycles. The van der Waals surface area contributed by atoms with Crippen molar-refractivity contribution < 1.29 is 14.3 Å². The second-order valence-corrected chi connectivity index (χ2v) is 6.31. The van der Waals surface area contributed by atoms with E-state index in [1.54, 1.807) is 14.2 Å². The minimum atomic E-state index is -0.0754. The number of carbonyl (C=O) groups excluding carboxylic acids is 1. The predicted octanol–water partition coefficient (Wildman–Crippen LogP) is 2.12. The summed E-state index contributed by atoms with van der Waals surface area (Å²) >= 11 is 0. The molecule has 0 aliphatic rings. The van der Waals surface area contributed by atoms with Gasteiger partial charge in [-0.1, -0.05) is 30.3 Å². The van der Waals surface area contributed by atoms with Gasteiger partial charge in [0, 0.05) is 24.7 Å². The van der Waals surface area contributed by atoms with E-state index in [1.807, 2.05) is 55.5 Å². The smallest absolute Gasteiger partial charge is 0.239 e. The first-order valence-corrected chi connectivity index (χ1v) is 9.70. The molecule has 0 bridgehead atoms. The number of ether oxygens (including phenoxy) is 2. The lowest BCUT2D eigenvalue weighted by Gasteiger charge is -2.13. The standard InChI is InChI=1S/C22H30N4O3/c1-4-23-22(25-15-18-10-11-19(28-2)14-20(18)29-3)26-16-21(27)24-13-12-17-8-6-5-7-9-17/h5-11,14H,4,12-13,15-16H2,1-3H3,(H,24,27)(H2,23,25,26). The molecule has 0 fully saturated rings. The van der Waals surface area contributed by atoms with E-state index in [1.165, 1.54) is 5.56 Å². The van der Waals surface area contributed by atoms with Crippen LogP contribution in [0.2, 0.25) is 0 Å². The van der Waals surface area contributed by atoms with Gasteiger partial charge >= 0.3 is 0 Å². The first kappa shape index (κ1) is 22.1. The quantitative estimate of drug-likeness (QED) is 0.422. The predicted molar refractivity (Wildman–Crippen MR) is 116 cm³/mol. The van der Waals surface area contributed by atoms with Crippen LogP contribution in [-0.4, -0.2) is 45.7 Å². The topological polar surface area (TPSA) is 84.0 Å². The Kier molecular flexibility index (Phi) is 9.35. The van der Waals surface area contributed by atoms with Gasteiger partial charge in [0.05, 0.1) is 27.3 Å². The van der Waals surface area contributed by atoms with Crippen LogP contribution in [0.15, 0.2) is 53.5 Å². The Bertz CT molecular complexity index is 794. The molecule has 29 heavy (non-hydrogen) atoms. The summed E-state index contributed by atoms with van der Waals surface area (Å²) in [4.78, 5) is 16.6. The molecule has 0 spiro atoms. The van der Waals surface area contributed by atoms with Crippen molar-refractivity contribution >= 4 is 11.9 Å². The van der Waals surface area contributed by atoms with Gasteiger partial charge in [0.1, 0.15) is 11.5 Å². The SMILES string of the molecule is CCNC(=NCc1ccc(OC)cc1OC)NCC(=O)NCCc1ccccc1. The molecule has 0 aromatic heterocycles. The highest BCUT2D eigenvalue weighted by molar-refractivity contribution is 5.86. The fraction of sp³-hybridized carbons (Fsp3) is 0.364. The number of aliphatic imine (C=N–C) groups is 1. The number of hydrogen-bond acceptors (Lipinski definition) is 4. The van der Waals surface area contributed by atoms with Crippen molar-refractivity contribution in [2.75, 3.05) is 33.9 Å². The number of carbonyl (C=O) groups is 1. The summed E-state index contributed by atoms with van der Waals surface area (Å²) in [7, 11) is 3.23. The maximum Gasteiger partial charge on any atom is 0.239 e. The maximum atomic E-state index is 12.1. The highest BCUT2D eigenvalue weighted by Crippen LogP contribution is 2.25. The Morgan fingerprint density at radius 1 is 1.00 bits per heavy atom. The molecule has 0 radical (unpaired) electrons. The normalized spacial score (nSPS) is 10.9. The summed E-state index contributed by atoms with van der Waals surface area (Å²) in [6.45, 7) is 3.84. The minimum absolute atomic E-state index is 0.0754. The average molecular weight is 399 g/mol. The van der Waals surface area contributed by atoms with Gasteiger partial charge in [0.2, 0.25) is 5.91 Å². The van der Waals surface area contributed by atoms with Gasteiger partial charge in [-0.2, -0.15) is 0 Å². The number of methoxy groups -OCH3 is 2. The summed E-state index contributed by atoms with van der Waals surface area (Å²) in [6.07, 6.45) is 0.804. The monoisotopic (exact) mass is 398 g/mol. The number of amides is 1. The van der Waals surface area contributed by atoms with Gasteiger partial charge < -0.3 is 25.4 Å². The summed E-state index contributed by atoms with van der Waals surface area (Å²) < 4.78 is 10.6. The van der Waals surface area contributed by atoms with Crippen molar-refractivity contribution in [3.8, 4) is 11.5 Å². The first-order valence-electron chi connectivity index (χ1n) is 9.70. The molecule has 7 nitrogen and oxygen atoms in total. The number of guanidine groups is 1. The molecule has 0 unspecified atom stereocenters. The van der Waals surface area contributed by atoms with Gasteiger partial charge in [0.25, 0.3) is 0 Å². The third kappa shape index (κ3) is 7.73. The molecule has 2 aromatic carbocycles. The van der Waals surface area contributed by atoms with E-state index in [2.05, 4.69) is 20.9 Å². The molecular weight excluding hydrogens is 368 g/mol. The van der Waals surface area contributed by atoms with Gasteiger partial charge in [-0.25, -0.2) is 4.99 Å². The summed E-state index contributed by atoms with van der Waals surface area (Å²) in [5.74, 6) is 1.94. The van der Waals surface area contributed by atoms with E-state index in [4.69, 9.17) is 9.47 Å². The van der Waals surface area contributed by atoms with E-state index >= 15 is 0 Å². The van der Waals surface area contributed by atoms with Crippen molar-refractivity contribution in [3.63, 3.8) is 0 Å². The van der Waals surface area contributed by atoms with Crippen LogP contribution in [0.25, 0.3) is 0 Å². The fourth-order valence-electron chi connectivity index (χ4n) is 2.71. The van der Waals surface area contributed by atoms with Crippen LogP contribution in [0.1, 0.15) is 18.1 Å². The lowest BCUT2D eigenvalue weighted by Crippen LogP contribution is -2.43. The van der Waals surface area contributed by atoms with E-state index in [9.17, 15) is 4.79 Å². The highest BCUT2D eigenvalue weighted by Gasteiger charge is 2.07. The summed E-state index contributed by atoms with van der Waals surface area (Å²) in [5.41, 5.74) is 2.13. The van der Waals surface area contributed by atoms with Gasteiger partial charge in [-0.3, -0.25) is 4.79 Å². The Balaban J connectivity index is 1.84. The van der Waals surface area contributed by atoms with Crippen LogP contribution >= 0.6 is 0 Å². The van der Waals surface area contributed by atoms with Crippen molar-refractivity contribution in [3.05, 3.63) is 59.7 Å².